The molecule has 7 heteroatoms. The Morgan fingerprint density at radius 1 is 1.11 bits per heavy atom. The minimum Gasteiger partial charge on any atom is -0.214 e. The Hall–Kier alpha value is -1.20. The van der Waals surface area contributed by atoms with Crippen molar-refractivity contribution in [1.29, 1.82) is 0 Å². The van der Waals surface area contributed by atoms with Gasteiger partial charge >= 0.3 is 0 Å². The molecule has 0 unspecified atom stereocenters. The maximum absolute atomic E-state index is 6.24. The van der Waals surface area contributed by atoms with Gasteiger partial charge in [-0.25, -0.2) is 9.97 Å². The van der Waals surface area contributed by atoms with Crippen LogP contribution in [0.5, 0.6) is 0 Å². The fourth-order valence-electron chi connectivity index (χ4n) is 2.39. The van der Waals surface area contributed by atoms with Crippen molar-refractivity contribution in [3.63, 3.8) is 0 Å². The van der Waals surface area contributed by atoms with Gasteiger partial charge in [-0.2, -0.15) is 15.4 Å². The molecule has 0 spiro atoms. The van der Waals surface area contributed by atoms with Crippen LogP contribution in [-0.2, 0) is 0 Å². The Morgan fingerprint density at radius 3 is 2.33 bits per heavy atom. The summed E-state index contributed by atoms with van der Waals surface area (Å²) in [6, 6.07) is 0. The molecule has 94 valence electrons. The van der Waals surface area contributed by atoms with Gasteiger partial charge in [-0.05, 0) is 18.8 Å². The van der Waals surface area contributed by atoms with Crippen LogP contribution in [0.1, 0.15) is 37.2 Å². The highest BCUT2D eigenvalue weighted by Gasteiger charge is 2.25. The summed E-state index contributed by atoms with van der Waals surface area (Å²) in [5.41, 5.74) is 1.42. The number of nitrogens with one attached hydrogen (secondary N) is 1. The topological polar surface area (TPSA) is 67.3 Å². The molecule has 0 amide bonds. The SMILES string of the molecule is Clc1nc(-c2cn[nH]n2)nc(Cl)c1C1CCCC1. The molecule has 2 aromatic rings. The molecule has 5 nitrogen and oxygen atoms in total. The van der Waals surface area contributed by atoms with E-state index < -0.39 is 0 Å². The normalized spacial score (nSPS) is 16.3. The van der Waals surface area contributed by atoms with E-state index in [0.29, 0.717) is 27.7 Å². The molecule has 0 saturated heterocycles. The van der Waals surface area contributed by atoms with Crippen molar-refractivity contribution >= 4 is 23.2 Å². The molecule has 0 aromatic carbocycles. The van der Waals surface area contributed by atoms with Crippen LogP contribution in [0.15, 0.2) is 6.20 Å². The monoisotopic (exact) mass is 283 g/mol. The molecule has 2 aromatic heterocycles. The third kappa shape index (κ3) is 2.08. The van der Waals surface area contributed by atoms with Crippen LogP contribution in [-0.4, -0.2) is 25.4 Å². The lowest BCUT2D eigenvalue weighted by Crippen LogP contribution is -2.01. The van der Waals surface area contributed by atoms with Crippen molar-refractivity contribution in [1.82, 2.24) is 25.4 Å². The van der Waals surface area contributed by atoms with Crippen LogP contribution in [0.4, 0.5) is 0 Å². The molecule has 1 aliphatic carbocycles. The molecule has 1 aliphatic rings. The molecule has 3 rings (SSSR count). The summed E-state index contributed by atoms with van der Waals surface area (Å²) in [5.74, 6) is 0.789. The maximum atomic E-state index is 6.24. The molecule has 0 radical (unpaired) electrons. The number of aromatic nitrogens is 5. The van der Waals surface area contributed by atoms with Gasteiger partial charge in [0.2, 0.25) is 0 Å². The second-order valence-electron chi connectivity index (χ2n) is 4.38. The van der Waals surface area contributed by atoms with Gasteiger partial charge < -0.3 is 0 Å². The minimum absolute atomic E-state index is 0.386. The first kappa shape index (κ1) is 11.9. The predicted octanol–water partition coefficient (Wildman–Crippen LogP) is 3.23. The fourth-order valence-corrected chi connectivity index (χ4v) is 3.09. The second kappa shape index (κ2) is 4.82. The Labute approximate surface area is 114 Å². The van der Waals surface area contributed by atoms with Gasteiger partial charge in [0.15, 0.2) is 5.82 Å². The molecular weight excluding hydrogens is 273 g/mol. The Balaban J connectivity index is 2.03. The van der Waals surface area contributed by atoms with Gasteiger partial charge in [-0.1, -0.05) is 36.0 Å². The highest BCUT2D eigenvalue weighted by atomic mass is 35.5. The maximum Gasteiger partial charge on any atom is 0.184 e. The molecule has 0 bridgehead atoms. The van der Waals surface area contributed by atoms with Crippen molar-refractivity contribution < 1.29 is 0 Å². The van der Waals surface area contributed by atoms with E-state index in [1.165, 1.54) is 19.0 Å². The van der Waals surface area contributed by atoms with Gasteiger partial charge in [0.1, 0.15) is 16.0 Å². The number of hydrogen-bond donors (Lipinski definition) is 1. The summed E-state index contributed by atoms with van der Waals surface area (Å²) in [6.07, 6.45) is 6.17. The molecule has 0 aliphatic heterocycles. The third-order valence-electron chi connectivity index (χ3n) is 3.26. The summed E-state index contributed by atoms with van der Waals surface area (Å²) in [5, 5.41) is 11.0. The molecule has 18 heavy (non-hydrogen) atoms. The summed E-state index contributed by atoms with van der Waals surface area (Å²) in [4.78, 5) is 8.54. The molecule has 1 saturated carbocycles. The summed E-state index contributed by atoms with van der Waals surface area (Å²) >= 11 is 12.5. The summed E-state index contributed by atoms with van der Waals surface area (Å²) < 4.78 is 0. The third-order valence-corrected chi connectivity index (χ3v) is 3.84. The Kier molecular flexibility index (Phi) is 3.18. The zero-order valence-electron chi connectivity index (χ0n) is 9.53. The summed E-state index contributed by atoms with van der Waals surface area (Å²) in [7, 11) is 0. The highest BCUT2D eigenvalue weighted by Crippen LogP contribution is 2.40. The first-order valence-electron chi connectivity index (χ1n) is 5.85. The molecule has 0 atom stereocenters. The lowest BCUT2D eigenvalue weighted by molar-refractivity contribution is 0.715. The molecule has 1 fully saturated rings. The van der Waals surface area contributed by atoms with E-state index in [1.807, 2.05) is 0 Å². The van der Waals surface area contributed by atoms with Gasteiger partial charge in [0, 0.05) is 5.56 Å². The van der Waals surface area contributed by atoms with Crippen molar-refractivity contribution in [3.05, 3.63) is 22.1 Å². The zero-order valence-corrected chi connectivity index (χ0v) is 11.0. The van der Waals surface area contributed by atoms with Crippen molar-refractivity contribution in [2.24, 2.45) is 0 Å². The van der Waals surface area contributed by atoms with Crippen LogP contribution in [0.3, 0.4) is 0 Å². The first-order chi connectivity index (χ1) is 8.75. The number of hydrogen-bond acceptors (Lipinski definition) is 4. The minimum atomic E-state index is 0.386. The van der Waals surface area contributed by atoms with Gasteiger partial charge in [0.25, 0.3) is 0 Å². The van der Waals surface area contributed by atoms with Crippen molar-refractivity contribution in [2.45, 2.75) is 31.6 Å². The molecule has 1 N–H and O–H groups in total. The van der Waals surface area contributed by atoms with E-state index in [1.54, 1.807) is 0 Å². The highest BCUT2D eigenvalue weighted by molar-refractivity contribution is 6.34. The summed E-state index contributed by atoms with van der Waals surface area (Å²) in [6.45, 7) is 0. The van der Waals surface area contributed by atoms with Crippen molar-refractivity contribution in [3.8, 4) is 11.5 Å². The van der Waals surface area contributed by atoms with E-state index in [9.17, 15) is 0 Å². The lowest BCUT2D eigenvalue weighted by Gasteiger charge is -2.12. The van der Waals surface area contributed by atoms with Crippen LogP contribution in [0, 0.1) is 0 Å². The van der Waals surface area contributed by atoms with E-state index in [-0.39, 0.29) is 0 Å². The largest absolute Gasteiger partial charge is 0.214 e. The Morgan fingerprint density at radius 2 is 1.78 bits per heavy atom. The number of aromatic amines is 1. The fraction of sp³-hybridized carbons (Fsp3) is 0.455. The average molecular weight is 284 g/mol. The van der Waals surface area contributed by atoms with Gasteiger partial charge in [-0.3, -0.25) is 0 Å². The van der Waals surface area contributed by atoms with Crippen LogP contribution in [0.25, 0.3) is 11.5 Å². The first-order valence-corrected chi connectivity index (χ1v) is 6.60. The van der Waals surface area contributed by atoms with Crippen molar-refractivity contribution in [2.75, 3.05) is 0 Å². The van der Waals surface area contributed by atoms with E-state index >= 15 is 0 Å². The number of halogens is 2. The number of H-pyrrole nitrogens is 1. The smallest absolute Gasteiger partial charge is 0.184 e. The van der Waals surface area contributed by atoms with Crippen LogP contribution >= 0.6 is 23.2 Å². The van der Waals surface area contributed by atoms with Gasteiger partial charge in [-0.15, -0.1) is 0 Å². The number of rotatable bonds is 2. The van der Waals surface area contributed by atoms with Gasteiger partial charge in [0.05, 0.1) is 6.20 Å². The predicted molar refractivity (Wildman–Crippen MR) is 68.6 cm³/mol. The average Bonchev–Trinajstić information content (AvgIpc) is 3.01. The standard InChI is InChI=1S/C11H11Cl2N5/c12-9-8(6-3-1-2-4-6)10(13)16-11(15-9)7-5-14-18-17-7/h5-6H,1-4H2,(H,14,17,18). The second-order valence-corrected chi connectivity index (χ2v) is 5.10. The van der Waals surface area contributed by atoms with Crippen LogP contribution in [0.2, 0.25) is 10.3 Å². The quantitative estimate of drug-likeness (QED) is 0.860. The van der Waals surface area contributed by atoms with E-state index in [2.05, 4.69) is 25.4 Å². The zero-order chi connectivity index (χ0) is 12.5. The Bertz CT molecular complexity index is 526. The lowest BCUT2D eigenvalue weighted by atomic mass is 10.0. The van der Waals surface area contributed by atoms with E-state index in [4.69, 9.17) is 23.2 Å². The number of nitrogens with zero attached hydrogens (tertiary/aromatic N) is 4. The van der Waals surface area contributed by atoms with Crippen LogP contribution < -0.4 is 0 Å². The molecular formula is C11H11Cl2N5. The van der Waals surface area contributed by atoms with E-state index in [0.717, 1.165) is 18.4 Å². The molecule has 2 heterocycles.